The molecule has 1 aliphatic heterocycles. The van der Waals surface area contributed by atoms with Gasteiger partial charge in [0, 0.05) is 31.7 Å². The summed E-state index contributed by atoms with van der Waals surface area (Å²) in [6.45, 7) is 1.41. The molecule has 1 amide bonds. The third-order valence-electron chi connectivity index (χ3n) is 5.64. The fourth-order valence-corrected chi connectivity index (χ4v) is 5.39. The van der Waals surface area contributed by atoms with Crippen LogP contribution in [0.3, 0.4) is 0 Å². The number of hydrogen-bond donors (Lipinski definition) is 0. The van der Waals surface area contributed by atoms with E-state index in [0.29, 0.717) is 6.07 Å². The Morgan fingerprint density at radius 2 is 1.68 bits per heavy atom. The number of alkyl halides is 4. The number of benzene rings is 1. The van der Waals surface area contributed by atoms with Crippen LogP contribution in [0.5, 0.6) is 0 Å². The molecule has 4 rings (SSSR count). The highest BCUT2D eigenvalue weighted by atomic mass is 32.2. The third kappa shape index (κ3) is 4.49. The molecule has 1 aromatic carbocycles. The normalized spacial score (nSPS) is 15.6. The van der Waals surface area contributed by atoms with Crippen molar-refractivity contribution < 1.29 is 30.8 Å². The first-order valence-electron chi connectivity index (χ1n) is 10.4. The van der Waals surface area contributed by atoms with Gasteiger partial charge in [-0.05, 0) is 25.1 Å². The van der Waals surface area contributed by atoms with Gasteiger partial charge in [-0.2, -0.15) is 9.40 Å². The van der Waals surface area contributed by atoms with Crippen LogP contribution in [0.15, 0.2) is 41.3 Å². The van der Waals surface area contributed by atoms with Gasteiger partial charge >= 0.3 is 0 Å². The van der Waals surface area contributed by atoms with Crippen molar-refractivity contribution in [3.63, 3.8) is 0 Å². The molecule has 0 N–H and O–H groups in total. The van der Waals surface area contributed by atoms with Gasteiger partial charge in [0.1, 0.15) is 12.2 Å². The lowest BCUT2D eigenvalue weighted by atomic mass is 10.1. The Morgan fingerprint density at radius 3 is 2.26 bits per heavy atom. The summed E-state index contributed by atoms with van der Waals surface area (Å²) in [7, 11) is -3.70. The number of halogens is 4. The minimum atomic E-state index is -3.70. The van der Waals surface area contributed by atoms with Gasteiger partial charge in [0.15, 0.2) is 5.65 Å². The zero-order valence-electron chi connectivity index (χ0n) is 18.0. The van der Waals surface area contributed by atoms with Gasteiger partial charge in [0.05, 0.1) is 16.0 Å². The summed E-state index contributed by atoms with van der Waals surface area (Å²) in [6.07, 6.45) is -6.09. The molecule has 3 aromatic rings. The van der Waals surface area contributed by atoms with E-state index in [1.54, 1.807) is 18.2 Å². The van der Waals surface area contributed by atoms with Crippen molar-refractivity contribution in [3.8, 4) is 0 Å². The third-order valence-corrected chi connectivity index (χ3v) is 7.56. The smallest absolute Gasteiger partial charge is 0.280 e. The monoisotopic (exact) mass is 499 g/mol. The van der Waals surface area contributed by atoms with E-state index in [9.17, 15) is 30.8 Å². The van der Waals surface area contributed by atoms with Gasteiger partial charge in [-0.15, -0.1) is 0 Å². The van der Waals surface area contributed by atoms with E-state index in [1.807, 2.05) is 0 Å². The molecule has 3 heterocycles. The van der Waals surface area contributed by atoms with Crippen LogP contribution >= 0.6 is 0 Å². The average Bonchev–Trinajstić information content (AvgIpc) is 3.14. The molecule has 1 fully saturated rings. The van der Waals surface area contributed by atoms with Crippen molar-refractivity contribution in [2.45, 2.75) is 31.2 Å². The van der Waals surface area contributed by atoms with Gasteiger partial charge in [0.25, 0.3) is 12.9 Å². The Morgan fingerprint density at radius 1 is 1.03 bits per heavy atom. The maximum absolute atomic E-state index is 13.5. The highest BCUT2D eigenvalue weighted by Crippen LogP contribution is 2.32. The lowest BCUT2D eigenvalue weighted by molar-refractivity contribution is -0.133. The molecular formula is C21H21F4N5O3S. The molecule has 13 heteroatoms. The number of rotatable bonds is 6. The van der Waals surface area contributed by atoms with Crippen molar-refractivity contribution in [3.05, 3.63) is 53.3 Å². The number of fused-ring (bicyclic) bond motifs is 1. The Balaban J connectivity index is 1.52. The Bertz CT molecular complexity index is 1310. The van der Waals surface area contributed by atoms with E-state index < -0.39 is 46.6 Å². The second kappa shape index (κ2) is 9.29. The quantitative estimate of drug-likeness (QED) is 0.487. The number of pyridine rings is 1. The van der Waals surface area contributed by atoms with Crippen LogP contribution in [0.1, 0.15) is 29.8 Å². The first kappa shape index (κ1) is 24.1. The van der Waals surface area contributed by atoms with Crippen molar-refractivity contribution in [1.82, 2.24) is 24.0 Å². The molecule has 0 saturated carbocycles. The van der Waals surface area contributed by atoms with E-state index in [1.165, 1.54) is 28.3 Å². The molecule has 0 unspecified atom stereocenters. The van der Waals surface area contributed by atoms with Gasteiger partial charge in [-0.25, -0.2) is 35.6 Å². The molecule has 0 atom stereocenters. The summed E-state index contributed by atoms with van der Waals surface area (Å²) < 4.78 is 81.3. The SMILES string of the molecule is Cc1nn(CC(=O)N2CCN(S(=O)(=O)c3ccccc3)CC2)c2nc(C(F)F)cc(C(F)F)c12. The minimum absolute atomic E-state index is 0.0639. The number of carbonyl (C=O) groups excluding carboxylic acids is 1. The Kier molecular flexibility index (Phi) is 6.58. The molecule has 0 bridgehead atoms. The largest absolute Gasteiger partial charge is 0.338 e. The number of aryl methyl sites for hydroxylation is 1. The summed E-state index contributed by atoms with van der Waals surface area (Å²) in [5.41, 5.74) is -1.51. The highest BCUT2D eigenvalue weighted by molar-refractivity contribution is 7.89. The standard InChI is InChI=1S/C21H21F4N5O3S/c1-13-18-15(19(22)23)11-16(20(24)25)26-21(18)30(27-13)12-17(31)28-7-9-29(10-8-28)34(32,33)14-5-3-2-4-6-14/h2-6,11,19-20H,7-10,12H2,1H3. The van der Waals surface area contributed by atoms with Crippen molar-refractivity contribution in [1.29, 1.82) is 0 Å². The highest BCUT2D eigenvalue weighted by Gasteiger charge is 2.31. The summed E-state index contributed by atoms with van der Waals surface area (Å²) >= 11 is 0. The van der Waals surface area contributed by atoms with Crippen LogP contribution in [0, 0.1) is 6.92 Å². The van der Waals surface area contributed by atoms with Crippen LogP contribution in [0.4, 0.5) is 17.6 Å². The average molecular weight is 499 g/mol. The lowest BCUT2D eigenvalue weighted by Crippen LogP contribution is -2.51. The van der Waals surface area contributed by atoms with E-state index in [2.05, 4.69) is 10.1 Å². The number of hydrogen-bond acceptors (Lipinski definition) is 5. The molecular weight excluding hydrogens is 478 g/mol. The second-order valence-corrected chi connectivity index (χ2v) is 9.72. The molecule has 0 aliphatic carbocycles. The maximum atomic E-state index is 13.5. The summed E-state index contributed by atoms with van der Waals surface area (Å²) in [4.78, 5) is 18.2. The molecule has 2 aromatic heterocycles. The summed E-state index contributed by atoms with van der Waals surface area (Å²) in [5, 5.41) is 4.02. The maximum Gasteiger partial charge on any atom is 0.280 e. The van der Waals surface area contributed by atoms with Crippen LogP contribution < -0.4 is 0 Å². The number of sulfonamides is 1. The van der Waals surface area contributed by atoms with Crippen LogP contribution in [0.2, 0.25) is 0 Å². The van der Waals surface area contributed by atoms with Crippen molar-refractivity contribution in [2.24, 2.45) is 0 Å². The minimum Gasteiger partial charge on any atom is -0.338 e. The summed E-state index contributed by atoms with van der Waals surface area (Å²) in [6, 6.07) is 8.59. The number of carbonyl (C=O) groups is 1. The van der Waals surface area contributed by atoms with E-state index in [-0.39, 0.29) is 47.8 Å². The predicted octanol–water partition coefficient (Wildman–Crippen LogP) is 3.15. The van der Waals surface area contributed by atoms with Crippen LogP contribution in [0.25, 0.3) is 11.0 Å². The van der Waals surface area contributed by atoms with Crippen LogP contribution in [-0.4, -0.2) is 64.5 Å². The van der Waals surface area contributed by atoms with Gasteiger partial charge in [0.2, 0.25) is 15.9 Å². The fourth-order valence-electron chi connectivity index (χ4n) is 3.95. The lowest BCUT2D eigenvalue weighted by Gasteiger charge is -2.34. The molecule has 0 spiro atoms. The molecule has 1 saturated heterocycles. The first-order valence-corrected chi connectivity index (χ1v) is 11.8. The zero-order chi connectivity index (χ0) is 24.6. The molecule has 0 radical (unpaired) electrons. The number of piperazine rings is 1. The number of nitrogens with zero attached hydrogens (tertiary/aromatic N) is 5. The van der Waals surface area contributed by atoms with Crippen molar-refractivity contribution in [2.75, 3.05) is 26.2 Å². The second-order valence-electron chi connectivity index (χ2n) is 7.78. The first-order chi connectivity index (χ1) is 16.1. The Labute approximate surface area is 192 Å². The molecule has 1 aliphatic rings. The predicted molar refractivity (Wildman–Crippen MR) is 114 cm³/mol. The molecule has 34 heavy (non-hydrogen) atoms. The zero-order valence-corrected chi connectivity index (χ0v) is 18.9. The summed E-state index contributed by atoms with van der Waals surface area (Å²) in [5.74, 6) is -0.455. The van der Waals surface area contributed by atoms with Gasteiger partial charge in [-0.3, -0.25) is 4.79 Å². The van der Waals surface area contributed by atoms with E-state index >= 15 is 0 Å². The molecule has 8 nitrogen and oxygen atoms in total. The topological polar surface area (TPSA) is 88.4 Å². The van der Waals surface area contributed by atoms with Gasteiger partial charge < -0.3 is 4.90 Å². The number of amides is 1. The van der Waals surface area contributed by atoms with Crippen LogP contribution in [-0.2, 0) is 21.4 Å². The van der Waals surface area contributed by atoms with E-state index in [0.717, 1.165) is 4.68 Å². The van der Waals surface area contributed by atoms with Crippen molar-refractivity contribution >= 4 is 27.0 Å². The number of aromatic nitrogens is 3. The van der Waals surface area contributed by atoms with E-state index in [4.69, 9.17) is 0 Å². The molecule has 182 valence electrons. The Hall–Kier alpha value is -3.06. The fraction of sp³-hybridized carbons (Fsp3) is 0.381. The van der Waals surface area contributed by atoms with Gasteiger partial charge in [-0.1, -0.05) is 18.2 Å².